The minimum absolute atomic E-state index is 0.141. The number of aryl methyl sites for hydroxylation is 1. The Morgan fingerprint density at radius 2 is 0.974 bits per heavy atom. The third kappa shape index (κ3) is 6.28. The summed E-state index contributed by atoms with van der Waals surface area (Å²) in [5.41, 5.74) is 3.28. The maximum atomic E-state index is 13.1. The molecular formula is C33H36O4S. The van der Waals surface area contributed by atoms with E-state index < -0.39 is 9.84 Å². The second-order valence-electron chi connectivity index (χ2n) is 11.0. The highest BCUT2D eigenvalue weighted by molar-refractivity contribution is 7.91. The van der Waals surface area contributed by atoms with Gasteiger partial charge < -0.3 is 9.47 Å². The molecule has 5 heteroatoms. The Bertz CT molecular complexity index is 1460. The average molecular weight is 529 g/mol. The molecule has 0 aliphatic carbocycles. The maximum Gasteiger partial charge on any atom is 0.206 e. The predicted molar refractivity (Wildman–Crippen MR) is 153 cm³/mol. The van der Waals surface area contributed by atoms with Crippen LogP contribution in [0, 0.1) is 0 Å². The molecule has 4 aromatic rings. The van der Waals surface area contributed by atoms with E-state index in [9.17, 15) is 8.42 Å². The van der Waals surface area contributed by atoms with Gasteiger partial charge in [-0.1, -0.05) is 57.2 Å². The van der Waals surface area contributed by atoms with Crippen molar-refractivity contribution < 1.29 is 17.9 Å². The molecule has 198 valence electrons. The van der Waals surface area contributed by atoms with Crippen LogP contribution in [0.2, 0.25) is 0 Å². The van der Waals surface area contributed by atoms with Crippen molar-refractivity contribution >= 4 is 9.84 Å². The van der Waals surface area contributed by atoms with Crippen molar-refractivity contribution in [3.8, 4) is 17.2 Å². The van der Waals surface area contributed by atoms with E-state index in [-0.39, 0.29) is 20.8 Å². The Morgan fingerprint density at radius 1 is 0.579 bits per heavy atom. The Hall–Kier alpha value is -3.57. The summed E-state index contributed by atoms with van der Waals surface area (Å²) >= 11 is 0. The molecule has 0 N–H and O–H groups in total. The zero-order valence-corrected chi connectivity index (χ0v) is 23.8. The normalized spacial score (nSPS) is 12.3. The second kappa shape index (κ2) is 10.7. The summed E-state index contributed by atoms with van der Waals surface area (Å²) in [6.07, 6.45) is 1.03. The van der Waals surface area contributed by atoms with Crippen LogP contribution in [0.15, 0.2) is 107 Å². The molecule has 0 saturated carbocycles. The van der Waals surface area contributed by atoms with Gasteiger partial charge >= 0.3 is 0 Å². The van der Waals surface area contributed by atoms with Gasteiger partial charge in [0.1, 0.15) is 22.8 Å². The summed E-state index contributed by atoms with van der Waals surface area (Å²) in [6.45, 7) is 12.4. The number of ether oxygens (including phenoxy) is 2. The van der Waals surface area contributed by atoms with Crippen LogP contribution < -0.4 is 9.47 Å². The predicted octanol–water partition coefficient (Wildman–Crippen LogP) is 8.38. The smallest absolute Gasteiger partial charge is 0.206 e. The van der Waals surface area contributed by atoms with Crippen molar-refractivity contribution in [2.75, 3.05) is 0 Å². The fourth-order valence-electron chi connectivity index (χ4n) is 4.26. The van der Waals surface area contributed by atoms with Gasteiger partial charge in [0.15, 0.2) is 0 Å². The molecule has 0 aliphatic heterocycles. The van der Waals surface area contributed by atoms with E-state index in [1.165, 1.54) is 16.7 Å². The lowest BCUT2D eigenvalue weighted by Gasteiger charge is -2.26. The number of sulfone groups is 1. The number of hydrogen-bond donors (Lipinski definition) is 0. The van der Waals surface area contributed by atoms with E-state index in [1.807, 2.05) is 32.9 Å². The van der Waals surface area contributed by atoms with Gasteiger partial charge in [-0.15, -0.1) is 0 Å². The van der Waals surface area contributed by atoms with Crippen LogP contribution in [0.5, 0.6) is 17.2 Å². The monoisotopic (exact) mass is 528 g/mol. The topological polar surface area (TPSA) is 52.6 Å². The molecular weight excluding hydrogens is 492 g/mol. The SMILES string of the molecule is CCc1ccc(C(C)(C)c2ccc(Oc3ccc(S(=O)(=O)c4ccc(OC(C)(C)C)cc4)cc3)cc2)cc1. The van der Waals surface area contributed by atoms with Crippen LogP contribution in [-0.4, -0.2) is 14.0 Å². The molecule has 0 fully saturated rings. The summed E-state index contributed by atoms with van der Waals surface area (Å²) < 4.78 is 38.0. The summed E-state index contributed by atoms with van der Waals surface area (Å²) in [5, 5.41) is 0. The van der Waals surface area contributed by atoms with Crippen molar-refractivity contribution in [1.82, 2.24) is 0 Å². The van der Waals surface area contributed by atoms with Crippen molar-refractivity contribution in [1.29, 1.82) is 0 Å². The molecule has 0 unspecified atom stereocenters. The van der Waals surface area contributed by atoms with Gasteiger partial charge in [0.05, 0.1) is 9.79 Å². The molecule has 0 aliphatic rings. The molecule has 0 saturated heterocycles. The van der Waals surface area contributed by atoms with Gasteiger partial charge in [-0.2, -0.15) is 0 Å². The maximum absolute atomic E-state index is 13.1. The third-order valence-electron chi connectivity index (χ3n) is 6.59. The number of rotatable bonds is 8. The molecule has 0 aromatic heterocycles. The van der Waals surface area contributed by atoms with Gasteiger partial charge in [-0.05, 0) is 105 Å². The Balaban J connectivity index is 1.45. The fraction of sp³-hybridized carbons (Fsp3) is 0.273. The Morgan fingerprint density at radius 3 is 1.39 bits per heavy atom. The van der Waals surface area contributed by atoms with Crippen molar-refractivity contribution in [3.05, 3.63) is 114 Å². The molecule has 0 atom stereocenters. The van der Waals surface area contributed by atoms with E-state index in [2.05, 4.69) is 57.2 Å². The number of benzene rings is 4. The van der Waals surface area contributed by atoms with Crippen LogP contribution in [0.25, 0.3) is 0 Å². The van der Waals surface area contributed by atoms with Crippen molar-refractivity contribution in [2.45, 2.75) is 68.8 Å². The first-order chi connectivity index (χ1) is 17.9. The average Bonchev–Trinajstić information content (AvgIpc) is 2.89. The zero-order chi connectivity index (χ0) is 27.6. The molecule has 0 amide bonds. The number of hydrogen-bond acceptors (Lipinski definition) is 4. The van der Waals surface area contributed by atoms with Crippen LogP contribution >= 0.6 is 0 Å². The summed E-state index contributed by atoms with van der Waals surface area (Å²) in [7, 11) is -3.65. The van der Waals surface area contributed by atoms with E-state index in [1.54, 1.807) is 48.5 Å². The molecule has 38 heavy (non-hydrogen) atoms. The lowest BCUT2D eigenvalue weighted by Crippen LogP contribution is -2.22. The minimum atomic E-state index is -3.65. The Kier molecular flexibility index (Phi) is 7.70. The van der Waals surface area contributed by atoms with Crippen LogP contribution in [0.4, 0.5) is 0 Å². The lowest BCUT2D eigenvalue weighted by molar-refractivity contribution is 0.131. The standard InChI is InChI=1S/C33H36O4S/c1-7-24-8-10-25(11-9-24)33(5,6)26-12-14-27(15-13-26)36-28-16-20-30(21-17-28)38(34,35)31-22-18-29(19-23-31)37-32(2,3)4/h8-23H,7H2,1-6H3. The largest absolute Gasteiger partial charge is 0.488 e. The van der Waals surface area contributed by atoms with Crippen LogP contribution in [0.3, 0.4) is 0 Å². The molecule has 4 nitrogen and oxygen atoms in total. The van der Waals surface area contributed by atoms with E-state index in [4.69, 9.17) is 9.47 Å². The van der Waals surface area contributed by atoms with Gasteiger partial charge in [-0.3, -0.25) is 0 Å². The summed E-state index contributed by atoms with van der Waals surface area (Å²) in [6, 6.07) is 29.8. The van der Waals surface area contributed by atoms with Gasteiger partial charge in [0.25, 0.3) is 0 Å². The first-order valence-corrected chi connectivity index (χ1v) is 14.4. The van der Waals surface area contributed by atoms with Crippen LogP contribution in [-0.2, 0) is 21.7 Å². The molecule has 0 heterocycles. The molecule has 4 rings (SSSR count). The van der Waals surface area contributed by atoms with E-state index in [0.717, 1.165) is 6.42 Å². The fourth-order valence-corrected chi connectivity index (χ4v) is 5.52. The van der Waals surface area contributed by atoms with E-state index >= 15 is 0 Å². The first kappa shape index (κ1) is 27.5. The van der Waals surface area contributed by atoms with Gasteiger partial charge in [0.2, 0.25) is 9.84 Å². The molecule has 4 aromatic carbocycles. The first-order valence-electron chi connectivity index (χ1n) is 12.9. The van der Waals surface area contributed by atoms with Crippen molar-refractivity contribution in [3.63, 3.8) is 0 Å². The van der Waals surface area contributed by atoms with Gasteiger partial charge in [0, 0.05) is 5.41 Å². The van der Waals surface area contributed by atoms with Crippen molar-refractivity contribution in [2.24, 2.45) is 0 Å². The quantitative estimate of drug-likeness (QED) is 0.230. The van der Waals surface area contributed by atoms with E-state index in [0.29, 0.717) is 17.2 Å². The van der Waals surface area contributed by atoms with Gasteiger partial charge in [-0.25, -0.2) is 8.42 Å². The Labute approximate surface area is 227 Å². The zero-order valence-electron chi connectivity index (χ0n) is 23.0. The molecule has 0 spiro atoms. The second-order valence-corrected chi connectivity index (χ2v) is 12.9. The lowest BCUT2D eigenvalue weighted by atomic mass is 9.78. The highest BCUT2D eigenvalue weighted by atomic mass is 32.2. The highest BCUT2D eigenvalue weighted by Gasteiger charge is 2.23. The van der Waals surface area contributed by atoms with Crippen LogP contribution in [0.1, 0.15) is 58.2 Å². The summed E-state index contributed by atoms with van der Waals surface area (Å²) in [5.74, 6) is 1.89. The summed E-state index contributed by atoms with van der Waals surface area (Å²) in [4.78, 5) is 0.426. The minimum Gasteiger partial charge on any atom is -0.488 e. The molecule has 0 bridgehead atoms. The third-order valence-corrected chi connectivity index (χ3v) is 8.37. The molecule has 0 radical (unpaired) electrons. The highest BCUT2D eigenvalue weighted by Crippen LogP contribution is 2.34.